The second-order valence-corrected chi connectivity index (χ2v) is 7.80. The highest BCUT2D eigenvalue weighted by Crippen LogP contribution is 2.40. The number of benzene rings is 1. The van der Waals surface area contributed by atoms with Crippen LogP contribution < -0.4 is 0 Å². The standard InChI is InChI=1S/C21H21NO3S/c23-18-13-15-3-1-2-4-16(15)20(17-8-12-26-21(17)18)14-5-9-22(10-6-14)11-7-19(24)25/h1-4,8,12H,5-7,9-11,13H2,(H,24,25). The van der Waals surface area contributed by atoms with E-state index in [1.54, 1.807) is 0 Å². The number of carboxylic acid groups (broad SMARTS) is 1. The lowest BCUT2D eigenvalue weighted by Gasteiger charge is -2.29. The van der Waals surface area contributed by atoms with Crippen molar-refractivity contribution in [1.29, 1.82) is 0 Å². The molecule has 2 aliphatic rings. The SMILES string of the molecule is O=C(O)CCN1CCC(=C2c3ccccc3CC(=O)c3sccc32)CC1. The van der Waals surface area contributed by atoms with Crippen molar-refractivity contribution in [2.45, 2.75) is 25.7 Å². The first-order valence-electron chi connectivity index (χ1n) is 8.99. The molecule has 1 aliphatic heterocycles. The van der Waals surface area contributed by atoms with Gasteiger partial charge in [0.25, 0.3) is 0 Å². The van der Waals surface area contributed by atoms with Crippen LogP contribution in [0.1, 0.15) is 45.6 Å². The van der Waals surface area contributed by atoms with Crippen molar-refractivity contribution in [3.8, 4) is 0 Å². The van der Waals surface area contributed by atoms with Gasteiger partial charge in [0.15, 0.2) is 5.78 Å². The quantitative estimate of drug-likeness (QED) is 0.895. The molecule has 2 aromatic rings. The number of carbonyl (C=O) groups excluding carboxylic acids is 1. The molecule has 1 aromatic carbocycles. The highest BCUT2D eigenvalue weighted by Gasteiger charge is 2.27. The van der Waals surface area contributed by atoms with Crippen LogP contribution in [0, 0.1) is 0 Å². The predicted molar refractivity (Wildman–Crippen MR) is 103 cm³/mol. The highest BCUT2D eigenvalue weighted by molar-refractivity contribution is 7.12. The number of piperidine rings is 1. The number of fused-ring (bicyclic) bond motifs is 2. The van der Waals surface area contributed by atoms with Crippen LogP contribution in [-0.2, 0) is 11.2 Å². The van der Waals surface area contributed by atoms with Crippen LogP contribution in [0.2, 0.25) is 0 Å². The van der Waals surface area contributed by atoms with E-state index in [4.69, 9.17) is 5.11 Å². The first-order valence-corrected chi connectivity index (χ1v) is 9.87. The number of likely N-dealkylation sites (tertiary alicyclic amines) is 1. The van der Waals surface area contributed by atoms with Gasteiger partial charge >= 0.3 is 5.97 Å². The number of thiophene rings is 1. The molecular weight excluding hydrogens is 346 g/mol. The van der Waals surface area contributed by atoms with E-state index in [2.05, 4.69) is 23.1 Å². The fourth-order valence-electron chi connectivity index (χ4n) is 3.97. The van der Waals surface area contributed by atoms with Gasteiger partial charge in [0.1, 0.15) is 0 Å². The van der Waals surface area contributed by atoms with Gasteiger partial charge in [-0.15, -0.1) is 11.3 Å². The maximum Gasteiger partial charge on any atom is 0.304 e. The topological polar surface area (TPSA) is 57.6 Å². The molecule has 1 N–H and O–H groups in total. The number of Topliss-reactive ketones (excluding diaryl/α,β-unsaturated/α-hetero) is 1. The molecule has 5 heteroatoms. The Morgan fingerprint density at radius 3 is 2.65 bits per heavy atom. The molecule has 134 valence electrons. The molecule has 0 bridgehead atoms. The summed E-state index contributed by atoms with van der Waals surface area (Å²) < 4.78 is 0. The molecule has 2 heterocycles. The minimum absolute atomic E-state index is 0.192. The van der Waals surface area contributed by atoms with E-state index in [-0.39, 0.29) is 12.2 Å². The van der Waals surface area contributed by atoms with Gasteiger partial charge in [0.05, 0.1) is 11.3 Å². The molecule has 0 unspecified atom stereocenters. The maximum atomic E-state index is 12.7. The number of ketones is 1. The third-order valence-corrected chi connectivity index (χ3v) is 6.24. The Morgan fingerprint density at radius 2 is 1.88 bits per heavy atom. The molecule has 4 rings (SSSR count). The second-order valence-electron chi connectivity index (χ2n) is 6.88. The lowest BCUT2D eigenvalue weighted by molar-refractivity contribution is -0.137. The van der Waals surface area contributed by atoms with Gasteiger partial charge in [-0.3, -0.25) is 9.59 Å². The van der Waals surface area contributed by atoms with Crippen LogP contribution in [0.3, 0.4) is 0 Å². The summed E-state index contributed by atoms with van der Waals surface area (Å²) in [5, 5.41) is 10.9. The molecule has 0 atom stereocenters. The van der Waals surface area contributed by atoms with Crippen molar-refractivity contribution >= 4 is 28.7 Å². The smallest absolute Gasteiger partial charge is 0.304 e. The number of carbonyl (C=O) groups is 2. The summed E-state index contributed by atoms with van der Waals surface area (Å²) in [6.07, 6.45) is 2.50. The summed E-state index contributed by atoms with van der Waals surface area (Å²) in [4.78, 5) is 26.6. The van der Waals surface area contributed by atoms with Crippen molar-refractivity contribution in [2.75, 3.05) is 19.6 Å². The van der Waals surface area contributed by atoms with Crippen LogP contribution in [0.15, 0.2) is 41.3 Å². The molecule has 0 spiro atoms. The van der Waals surface area contributed by atoms with E-state index < -0.39 is 5.97 Å². The van der Waals surface area contributed by atoms with E-state index >= 15 is 0 Å². The number of aliphatic carboxylic acids is 1. The van der Waals surface area contributed by atoms with E-state index in [0.29, 0.717) is 13.0 Å². The molecule has 0 saturated carbocycles. The Hall–Kier alpha value is -2.24. The minimum atomic E-state index is -0.742. The lowest BCUT2D eigenvalue weighted by atomic mass is 9.87. The van der Waals surface area contributed by atoms with Gasteiger partial charge < -0.3 is 10.0 Å². The van der Waals surface area contributed by atoms with Crippen LogP contribution in [0.4, 0.5) is 0 Å². The first-order chi connectivity index (χ1) is 12.6. The van der Waals surface area contributed by atoms with Crippen LogP contribution in [0.25, 0.3) is 5.57 Å². The summed E-state index contributed by atoms with van der Waals surface area (Å²) in [5.41, 5.74) is 6.00. The first kappa shape index (κ1) is 17.2. The van der Waals surface area contributed by atoms with E-state index in [1.165, 1.54) is 28.0 Å². The normalized spacial score (nSPS) is 17.6. The summed E-state index contributed by atoms with van der Waals surface area (Å²) in [6, 6.07) is 10.3. The van der Waals surface area contributed by atoms with Gasteiger partial charge in [-0.05, 0) is 41.0 Å². The van der Waals surface area contributed by atoms with Crippen LogP contribution in [0.5, 0.6) is 0 Å². The van der Waals surface area contributed by atoms with E-state index in [0.717, 1.165) is 41.9 Å². The highest BCUT2D eigenvalue weighted by atomic mass is 32.1. The Kier molecular flexibility index (Phi) is 4.74. The van der Waals surface area contributed by atoms with Crippen molar-refractivity contribution in [1.82, 2.24) is 4.90 Å². The van der Waals surface area contributed by atoms with Crippen LogP contribution >= 0.6 is 11.3 Å². The zero-order valence-corrected chi connectivity index (χ0v) is 15.3. The fraction of sp³-hybridized carbons (Fsp3) is 0.333. The average Bonchev–Trinajstić information content (AvgIpc) is 3.08. The van der Waals surface area contributed by atoms with Crippen molar-refractivity contribution < 1.29 is 14.7 Å². The Balaban J connectivity index is 1.70. The Morgan fingerprint density at radius 1 is 1.12 bits per heavy atom. The zero-order chi connectivity index (χ0) is 18.1. The van der Waals surface area contributed by atoms with Gasteiger partial charge in [-0.2, -0.15) is 0 Å². The van der Waals surface area contributed by atoms with Gasteiger partial charge in [-0.25, -0.2) is 0 Å². The molecule has 1 aliphatic carbocycles. The number of hydrogen-bond acceptors (Lipinski definition) is 4. The molecule has 26 heavy (non-hydrogen) atoms. The monoisotopic (exact) mass is 367 g/mol. The molecular formula is C21H21NO3S. The van der Waals surface area contributed by atoms with Crippen molar-refractivity contribution in [3.63, 3.8) is 0 Å². The Bertz CT molecular complexity index is 886. The molecule has 1 aromatic heterocycles. The van der Waals surface area contributed by atoms with Crippen molar-refractivity contribution in [3.05, 3.63) is 62.9 Å². The van der Waals surface area contributed by atoms with E-state index in [1.807, 2.05) is 17.5 Å². The third kappa shape index (κ3) is 3.24. The van der Waals surface area contributed by atoms with Gasteiger partial charge in [-0.1, -0.05) is 29.8 Å². The average molecular weight is 367 g/mol. The summed E-state index contributed by atoms with van der Waals surface area (Å²) in [7, 11) is 0. The summed E-state index contributed by atoms with van der Waals surface area (Å²) >= 11 is 1.54. The van der Waals surface area contributed by atoms with Gasteiger partial charge in [0.2, 0.25) is 0 Å². The molecule has 1 saturated heterocycles. The van der Waals surface area contributed by atoms with Crippen molar-refractivity contribution in [2.24, 2.45) is 0 Å². The maximum absolute atomic E-state index is 12.7. The summed E-state index contributed by atoms with van der Waals surface area (Å²) in [5.74, 6) is -0.537. The molecule has 0 radical (unpaired) electrons. The molecule has 0 amide bonds. The number of nitrogens with zero attached hydrogens (tertiary/aromatic N) is 1. The summed E-state index contributed by atoms with van der Waals surface area (Å²) in [6.45, 7) is 2.36. The predicted octanol–water partition coefficient (Wildman–Crippen LogP) is 3.86. The van der Waals surface area contributed by atoms with Gasteiger partial charge in [0, 0.05) is 31.6 Å². The largest absolute Gasteiger partial charge is 0.481 e. The number of carboxylic acids is 1. The minimum Gasteiger partial charge on any atom is -0.481 e. The molecule has 4 nitrogen and oxygen atoms in total. The number of rotatable bonds is 3. The fourth-order valence-corrected chi connectivity index (χ4v) is 4.81. The number of hydrogen-bond donors (Lipinski definition) is 1. The third-order valence-electron chi connectivity index (χ3n) is 5.28. The lowest BCUT2D eigenvalue weighted by Crippen LogP contribution is -2.33. The molecule has 1 fully saturated rings. The Labute approximate surface area is 156 Å². The van der Waals surface area contributed by atoms with Crippen LogP contribution in [-0.4, -0.2) is 41.4 Å². The second kappa shape index (κ2) is 7.17. The van der Waals surface area contributed by atoms with E-state index in [9.17, 15) is 9.59 Å². The zero-order valence-electron chi connectivity index (χ0n) is 14.5.